The van der Waals surface area contributed by atoms with Gasteiger partial charge in [-0.15, -0.1) is 0 Å². The van der Waals surface area contributed by atoms with Crippen molar-refractivity contribution in [2.24, 2.45) is 23.7 Å². The van der Waals surface area contributed by atoms with Gasteiger partial charge >= 0.3 is 23.9 Å². The van der Waals surface area contributed by atoms with Crippen LogP contribution in [0.25, 0.3) is 44.1 Å². The zero-order valence-electron chi connectivity index (χ0n) is 65.5. The Hall–Kier alpha value is -8.48. The Kier molecular flexibility index (Phi) is 30.6. The molecule has 8 N–H and O–H groups in total. The SMILES string of the molecule is CCNS(=O)(=O)CC1CCC(N(C)c2c(C(=O)OCC)cnc3[nH]ccc23)CC1.CCOC(=O)c1cnc2[nH]ccc2c1N(C)C1CCC(CS(=O)(=O)CC)CC1.CCOC(=O)c1cnc2[nH]ccc2c1NC1CCC(CS(=O)(=O)NC)CC1.CNS(=O)(=O)CC1CCC(N(C)c2c(C(=O)OC)cnc3[nH]ccc23)CC1. The molecule has 0 aliphatic heterocycles. The van der Waals surface area contributed by atoms with Crippen LogP contribution in [-0.4, -0.2) is 219 Å². The number of ether oxygens (including phenoxy) is 4. The number of nitrogens with zero attached hydrogens (tertiary/aromatic N) is 7. The normalized spacial score (nSPS) is 20.3. The average molecular weight is 1620 g/mol. The molecule has 0 saturated heterocycles. The predicted octanol–water partition coefficient (Wildman–Crippen LogP) is 10.00. The number of aromatic nitrogens is 8. The van der Waals surface area contributed by atoms with E-state index in [2.05, 4.69) is 74.1 Å². The first kappa shape index (κ1) is 86.5. The molecule has 8 aromatic rings. The highest BCUT2D eigenvalue weighted by molar-refractivity contribution is 7.91. The minimum absolute atomic E-state index is 0.162. The van der Waals surface area contributed by atoms with Gasteiger partial charge in [0.15, 0.2) is 0 Å². The average Bonchev–Trinajstić information content (AvgIpc) is 1.76. The molecule has 4 saturated carbocycles. The zero-order valence-corrected chi connectivity index (χ0v) is 68.8. The van der Waals surface area contributed by atoms with Crippen molar-refractivity contribution < 1.29 is 71.8 Å². The number of pyridine rings is 4. The standard InChI is InChI=1S/C20H30N4O4S.C20H29N3O4S.2C18H26N4O4S/c1-4-23-29(26,27)13-14-6-8-15(9-7-14)24(3)18-16-10-11-21-19(16)22-12-17(18)20(25)28-5-2;1-4-27-20(24)17-12-22-19-16(10-11-21-19)18(17)23(3)15-8-6-14(7-9-15)13-28(25,26)5-2;1-19-27(24,25)11-12-4-6-13(7-5-12)22(2)16-14-8-9-20-17(14)21-10-15(16)18(23)26-3;1-3-26-18(23)15-10-21-17-14(8-9-20-17)16(15)22-13-6-4-12(5-7-13)11-27(24,25)19-2/h10-12,14-15,23H,4-9,13H2,1-3H3,(H,21,22);10-12,14-15H,4-9,13H2,1-3H3,(H,21,22);8-10,12-13,19H,4-7,11H2,1-3H3,(H,20,21);8-10,12-13,19H,3-7,11H2,1-2H3,(H2,20,21,22). The summed E-state index contributed by atoms with van der Waals surface area (Å²) in [6.45, 7) is 10.2. The van der Waals surface area contributed by atoms with E-state index in [1.807, 2.05) is 57.8 Å². The van der Waals surface area contributed by atoms with Gasteiger partial charge in [0, 0.05) is 129 Å². The second-order valence-electron chi connectivity index (χ2n) is 28.9. The Bertz CT molecular complexity index is 4920. The van der Waals surface area contributed by atoms with Crippen molar-refractivity contribution in [1.29, 1.82) is 0 Å². The summed E-state index contributed by atoms with van der Waals surface area (Å²) in [5.74, 6) is 0.162. The molecule has 610 valence electrons. The van der Waals surface area contributed by atoms with Gasteiger partial charge in [0.05, 0.1) is 72.7 Å². The summed E-state index contributed by atoms with van der Waals surface area (Å²) >= 11 is 0. The van der Waals surface area contributed by atoms with Gasteiger partial charge < -0.3 is 58.9 Å². The van der Waals surface area contributed by atoms with Crippen molar-refractivity contribution in [3.63, 3.8) is 0 Å². The fourth-order valence-corrected chi connectivity index (χ4v) is 20.8. The maximum Gasteiger partial charge on any atom is 0.341 e. The van der Waals surface area contributed by atoms with Crippen molar-refractivity contribution in [2.75, 3.05) is 117 Å². The number of carbonyl (C=O) groups excluding carboxylic acids is 4. The quantitative estimate of drug-likeness (QED) is 0.0167. The number of nitrogens with one attached hydrogen (secondary N) is 8. The molecule has 0 unspecified atom stereocenters. The van der Waals surface area contributed by atoms with Crippen molar-refractivity contribution in [3.8, 4) is 0 Å². The Labute approximate surface area is 651 Å². The Balaban J connectivity index is 0.000000170. The lowest BCUT2D eigenvalue weighted by molar-refractivity contribution is 0.0517. The molecule has 0 aromatic carbocycles. The zero-order chi connectivity index (χ0) is 80.4. The van der Waals surface area contributed by atoms with Crippen LogP contribution in [0.2, 0.25) is 0 Å². The lowest BCUT2D eigenvalue weighted by atomic mass is 9.86. The number of anilines is 4. The van der Waals surface area contributed by atoms with Crippen molar-refractivity contribution in [1.82, 2.24) is 54.0 Å². The van der Waals surface area contributed by atoms with Gasteiger partial charge in [-0.1, -0.05) is 13.8 Å². The van der Waals surface area contributed by atoms with Crippen LogP contribution in [0.5, 0.6) is 0 Å². The fourth-order valence-electron chi connectivity index (χ4n) is 15.8. The minimum Gasteiger partial charge on any atom is -0.465 e. The van der Waals surface area contributed by atoms with Crippen LogP contribution in [0.1, 0.15) is 179 Å². The third-order valence-corrected chi connectivity index (χ3v) is 28.3. The van der Waals surface area contributed by atoms with E-state index in [9.17, 15) is 52.8 Å². The highest BCUT2D eigenvalue weighted by atomic mass is 32.2. The van der Waals surface area contributed by atoms with Crippen LogP contribution in [-0.2, 0) is 58.9 Å². The van der Waals surface area contributed by atoms with Gasteiger partial charge in [0.1, 0.15) is 54.7 Å². The molecule has 111 heavy (non-hydrogen) atoms. The van der Waals surface area contributed by atoms with Crippen LogP contribution in [0, 0.1) is 23.7 Å². The number of sulfone groups is 1. The third kappa shape index (κ3) is 22.5. The second kappa shape index (κ2) is 39.3. The number of esters is 4. The van der Waals surface area contributed by atoms with Gasteiger partial charge in [0.2, 0.25) is 30.1 Å². The van der Waals surface area contributed by atoms with Crippen LogP contribution in [0.3, 0.4) is 0 Å². The summed E-state index contributed by atoms with van der Waals surface area (Å²) in [4.78, 5) is 85.6. The highest BCUT2D eigenvalue weighted by Gasteiger charge is 2.35. The molecule has 12 rings (SSSR count). The Morgan fingerprint density at radius 3 is 1.06 bits per heavy atom. The molecular weight excluding hydrogens is 1510 g/mol. The minimum atomic E-state index is -3.20. The molecule has 31 nitrogen and oxygen atoms in total. The van der Waals surface area contributed by atoms with Gasteiger partial charge in [-0.25, -0.2) is 87.0 Å². The number of methoxy groups -OCH3 is 1. The molecule has 0 spiro atoms. The molecule has 0 radical (unpaired) electrons. The predicted molar refractivity (Wildman–Crippen MR) is 433 cm³/mol. The van der Waals surface area contributed by atoms with E-state index in [0.29, 0.717) is 54.3 Å². The van der Waals surface area contributed by atoms with Crippen LogP contribution in [0.15, 0.2) is 73.8 Å². The fraction of sp³-hybridized carbons (Fsp3) is 0.579. The van der Waals surface area contributed by atoms with E-state index >= 15 is 0 Å². The maximum absolute atomic E-state index is 12.5. The first-order valence-electron chi connectivity index (χ1n) is 38.4. The molecule has 4 aliphatic rings. The molecular formula is C76H111N15O16S4. The Morgan fingerprint density at radius 2 is 0.730 bits per heavy atom. The topological polar surface area (TPSA) is 414 Å². The first-order chi connectivity index (χ1) is 53.0. The molecule has 8 aromatic heterocycles. The van der Waals surface area contributed by atoms with E-state index in [1.54, 1.807) is 65.6 Å². The third-order valence-electron chi connectivity index (χ3n) is 21.8. The van der Waals surface area contributed by atoms with Crippen LogP contribution in [0.4, 0.5) is 22.7 Å². The number of H-pyrrole nitrogens is 4. The van der Waals surface area contributed by atoms with Crippen LogP contribution < -0.4 is 34.2 Å². The molecule has 4 aliphatic carbocycles. The monoisotopic (exact) mass is 1620 g/mol. The van der Waals surface area contributed by atoms with Gasteiger partial charge in [-0.3, -0.25) is 0 Å². The molecule has 0 atom stereocenters. The summed E-state index contributed by atoms with van der Waals surface area (Å²) in [5, 5.41) is 6.99. The van der Waals surface area contributed by atoms with Crippen molar-refractivity contribution in [3.05, 3.63) is 96.1 Å². The van der Waals surface area contributed by atoms with Gasteiger partial charge in [-0.2, -0.15) is 0 Å². The van der Waals surface area contributed by atoms with E-state index in [4.69, 9.17) is 18.9 Å². The Morgan fingerprint density at radius 1 is 0.423 bits per heavy atom. The smallest absolute Gasteiger partial charge is 0.341 e. The summed E-state index contributed by atoms with van der Waals surface area (Å²) in [6.07, 6.45) is 27.2. The first-order valence-corrected chi connectivity index (χ1v) is 45.2. The van der Waals surface area contributed by atoms with E-state index in [-0.39, 0.29) is 88.5 Å². The number of sulfonamides is 3. The molecule has 0 bridgehead atoms. The molecule has 35 heteroatoms. The molecule has 4 fully saturated rings. The van der Waals surface area contributed by atoms with Crippen molar-refractivity contribution in [2.45, 2.75) is 162 Å². The molecule has 0 amide bonds. The second-order valence-corrected chi connectivity index (χ2v) is 37.1. The number of carbonyl (C=O) groups is 4. The molecule has 8 heterocycles. The summed E-state index contributed by atoms with van der Waals surface area (Å²) in [6, 6.07) is 8.51. The van der Waals surface area contributed by atoms with Gasteiger partial charge in [0.25, 0.3) is 0 Å². The van der Waals surface area contributed by atoms with Crippen molar-refractivity contribution >= 4 is 131 Å². The van der Waals surface area contributed by atoms with Crippen LogP contribution >= 0.6 is 0 Å². The summed E-state index contributed by atoms with van der Waals surface area (Å²) in [7, 11) is -2.29. The van der Waals surface area contributed by atoms with E-state index < -0.39 is 51.8 Å². The maximum atomic E-state index is 12.5. The summed E-state index contributed by atoms with van der Waals surface area (Å²) < 4.78 is 123. The number of fused-ring (bicyclic) bond motifs is 4. The lowest BCUT2D eigenvalue weighted by Gasteiger charge is -2.36. The number of hydrogen-bond acceptors (Lipinski definition) is 24. The van der Waals surface area contributed by atoms with Gasteiger partial charge in [-0.05, 0) is 186 Å². The number of hydrogen-bond donors (Lipinski definition) is 8. The van der Waals surface area contributed by atoms with E-state index in [0.717, 1.165) is 164 Å². The van der Waals surface area contributed by atoms with E-state index in [1.165, 1.54) is 27.4 Å². The summed E-state index contributed by atoms with van der Waals surface area (Å²) in [5.41, 5.74) is 7.85. The number of aromatic amines is 4. The highest BCUT2D eigenvalue weighted by Crippen LogP contribution is 2.40. The largest absolute Gasteiger partial charge is 0.465 e. The number of rotatable bonds is 28. The lowest BCUT2D eigenvalue weighted by Crippen LogP contribution is -2.38.